The van der Waals surface area contributed by atoms with Gasteiger partial charge >= 0.3 is 0 Å². The molecule has 0 aliphatic rings. The number of carbonyl (C=O) groups excluding carboxylic acids is 1. The molecule has 0 spiro atoms. The Labute approximate surface area is 147 Å². The SMILES string of the molecule is Cc1ccc(NC(=O)C=Cc2cc(Br)ccc2F)cc1S(N)(=O)=O. The molecule has 0 saturated heterocycles. The van der Waals surface area contributed by atoms with E-state index in [0.717, 1.165) is 6.08 Å². The first-order chi connectivity index (χ1) is 11.2. The second-order valence-corrected chi connectivity index (χ2v) is 7.46. The number of nitrogens with two attached hydrogens (primary N) is 1. The predicted molar refractivity (Wildman–Crippen MR) is 94.3 cm³/mol. The van der Waals surface area contributed by atoms with Crippen molar-refractivity contribution in [1.29, 1.82) is 0 Å². The summed E-state index contributed by atoms with van der Waals surface area (Å²) in [5, 5.41) is 7.63. The monoisotopic (exact) mass is 412 g/mol. The normalized spacial score (nSPS) is 11.7. The van der Waals surface area contributed by atoms with Crippen LogP contribution in [0.3, 0.4) is 0 Å². The fourth-order valence-electron chi connectivity index (χ4n) is 1.98. The lowest BCUT2D eigenvalue weighted by molar-refractivity contribution is -0.111. The number of rotatable bonds is 4. The van der Waals surface area contributed by atoms with Crippen LogP contribution < -0.4 is 10.5 Å². The third-order valence-electron chi connectivity index (χ3n) is 3.13. The van der Waals surface area contributed by atoms with Crippen molar-refractivity contribution in [1.82, 2.24) is 0 Å². The van der Waals surface area contributed by atoms with Crippen LogP contribution in [0.15, 0.2) is 51.8 Å². The smallest absolute Gasteiger partial charge is 0.248 e. The molecule has 24 heavy (non-hydrogen) atoms. The number of hydrogen-bond acceptors (Lipinski definition) is 3. The van der Waals surface area contributed by atoms with Gasteiger partial charge in [0.15, 0.2) is 0 Å². The van der Waals surface area contributed by atoms with Gasteiger partial charge in [0.2, 0.25) is 15.9 Å². The number of benzene rings is 2. The summed E-state index contributed by atoms with van der Waals surface area (Å²) in [7, 11) is -3.88. The lowest BCUT2D eigenvalue weighted by Crippen LogP contribution is -2.15. The molecule has 0 aliphatic carbocycles. The first kappa shape index (κ1) is 18.3. The lowest BCUT2D eigenvalue weighted by Gasteiger charge is -2.07. The molecular weight excluding hydrogens is 399 g/mol. The van der Waals surface area contributed by atoms with Crippen LogP contribution in [0.4, 0.5) is 10.1 Å². The number of primary sulfonamides is 1. The zero-order valence-electron chi connectivity index (χ0n) is 12.6. The average Bonchev–Trinajstić information content (AvgIpc) is 2.49. The Kier molecular flexibility index (Phi) is 5.53. The summed E-state index contributed by atoms with van der Waals surface area (Å²) < 4.78 is 37.2. The Bertz CT molecular complexity index is 927. The molecule has 126 valence electrons. The second kappa shape index (κ2) is 7.25. The summed E-state index contributed by atoms with van der Waals surface area (Å²) in [5.41, 5.74) is 0.991. The number of aryl methyl sites for hydroxylation is 1. The van der Waals surface area contributed by atoms with E-state index < -0.39 is 21.7 Å². The number of halogens is 2. The summed E-state index contributed by atoms with van der Waals surface area (Å²) >= 11 is 3.22. The molecule has 0 atom stereocenters. The summed E-state index contributed by atoms with van der Waals surface area (Å²) in [6, 6.07) is 8.72. The van der Waals surface area contributed by atoms with Gasteiger partial charge in [-0.1, -0.05) is 22.0 Å². The van der Waals surface area contributed by atoms with E-state index in [0.29, 0.717) is 10.0 Å². The summed E-state index contributed by atoms with van der Waals surface area (Å²) in [6.07, 6.45) is 2.48. The van der Waals surface area contributed by atoms with Crippen molar-refractivity contribution >= 4 is 43.6 Å². The molecule has 2 aromatic rings. The fourth-order valence-corrected chi connectivity index (χ4v) is 3.16. The molecule has 2 rings (SSSR count). The van der Waals surface area contributed by atoms with E-state index in [1.165, 1.54) is 30.3 Å². The molecule has 8 heteroatoms. The van der Waals surface area contributed by atoms with Crippen molar-refractivity contribution in [2.24, 2.45) is 5.14 Å². The predicted octanol–water partition coefficient (Wildman–Crippen LogP) is 3.20. The molecule has 3 N–H and O–H groups in total. The minimum Gasteiger partial charge on any atom is -0.322 e. The Morgan fingerprint density at radius 3 is 2.62 bits per heavy atom. The van der Waals surface area contributed by atoms with Crippen molar-refractivity contribution in [3.63, 3.8) is 0 Å². The Morgan fingerprint density at radius 2 is 1.96 bits per heavy atom. The Hall–Kier alpha value is -2.03. The van der Waals surface area contributed by atoms with Crippen LogP contribution in [0.1, 0.15) is 11.1 Å². The van der Waals surface area contributed by atoms with Gasteiger partial charge in [-0.25, -0.2) is 17.9 Å². The van der Waals surface area contributed by atoms with Gasteiger partial charge in [-0.2, -0.15) is 0 Å². The Morgan fingerprint density at radius 1 is 1.25 bits per heavy atom. The van der Waals surface area contributed by atoms with Gasteiger partial charge in [0.05, 0.1) is 4.90 Å². The highest BCUT2D eigenvalue weighted by molar-refractivity contribution is 9.10. The van der Waals surface area contributed by atoms with Crippen LogP contribution in [0.2, 0.25) is 0 Å². The van der Waals surface area contributed by atoms with E-state index in [1.54, 1.807) is 19.1 Å². The highest BCUT2D eigenvalue weighted by Crippen LogP contribution is 2.19. The largest absolute Gasteiger partial charge is 0.322 e. The number of amides is 1. The first-order valence-corrected chi connectivity index (χ1v) is 9.08. The van der Waals surface area contributed by atoms with Crippen LogP contribution in [-0.4, -0.2) is 14.3 Å². The quantitative estimate of drug-likeness (QED) is 0.755. The van der Waals surface area contributed by atoms with Gasteiger partial charge < -0.3 is 5.32 Å². The molecule has 0 heterocycles. The molecule has 0 bridgehead atoms. The van der Waals surface area contributed by atoms with Crippen molar-refractivity contribution in [3.8, 4) is 0 Å². The van der Waals surface area contributed by atoms with Crippen molar-refractivity contribution in [2.45, 2.75) is 11.8 Å². The van der Waals surface area contributed by atoms with Crippen LogP contribution in [0.25, 0.3) is 6.08 Å². The van der Waals surface area contributed by atoms with Gasteiger partial charge in [0.25, 0.3) is 0 Å². The van der Waals surface area contributed by atoms with Gasteiger partial charge in [0.1, 0.15) is 5.82 Å². The summed E-state index contributed by atoms with van der Waals surface area (Å²) in [4.78, 5) is 11.8. The van der Waals surface area contributed by atoms with Gasteiger partial charge in [-0.15, -0.1) is 0 Å². The van der Waals surface area contributed by atoms with E-state index in [1.807, 2.05) is 0 Å². The highest BCUT2D eigenvalue weighted by Gasteiger charge is 2.12. The highest BCUT2D eigenvalue weighted by atomic mass is 79.9. The van der Waals surface area contributed by atoms with Gasteiger partial charge in [-0.3, -0.25) is 4.79 Å². The molecule has 0 radical (unpaired) electrons. The van der Waals surface area contributed by atoms with Crippen molar-refractivity contribution < 1.29 is 17.6 Å². The maximum atomic E-state index is 13.6. The molecule has 0 aliphatic heterocycles. The number of nitrogens with one attached hydrogen (secondary N) is 1. The first-order valence-electron chi connectivity index (χ1n) is 6.74. The third-order valence-corrected chi connectivity index (χ3v) is 4.68. The minimum absolute atomic E-state index is 0.0673. The molecule has 5 nitrogen and oxygen atoms in total. The maximum Gasteiger partial charge on any atom is 0.248 e. The van der Waals surface area contributed by atoms with Gasteiger partial charge in [0, 0.05) is 21.8 Å². The van der Waals surface area contributed by atoms with Crippen molar-refractivity contribution in [2.75, 3.05) is 5.32 Å². The second-order valence-electron chi connectivity index (χ2n) is 5.01. The zero-order chi connectivity index (χ0) is 17.9. The van der Waals surface area contributed by atoms with E-state index >= 15 is 0 Å². The third kappa shape index (κ3) is 4.73. The van der Waals surface area contributed by atoms with E-state index in [4.69, 9.17) is 5.14 Å². The van der Waals surface area contributed by atoms with Crippen molar-refractivity contribution in [3.05, 3.63) is 63.9 Å². The molecule has 0 saturated carbocycles. The van der Waals surface area contributed by atoms with Gasteiger partial charge in [-0.05, 0) is 48.9 Å². The van der Waals surface area contributed by atoms with Crippen LogP contribution in [0.5, 0.6) is 0 Å². The zero-order valence-corrected chi connectivity index (χ0v) is 15.0. The number of hydrogen-bond donors (Lipinski definition) is 2. The molecular formula is C16H14BrFN2O3S. The van der Waals surface area contributed by atoms with Crippen LogP contribution >= 0.6 is 15.9 Å². The Balaban J connectivity index is 2.18. The van der Waals surface area contributed by atoms with E-state index in [9.17, 15) is 17.6 Å². The van der Waals surface area contributed by atoms with Crippen LogP contribution in [0, 0.1) is 12.7 Å². The molecule has 0 fully saturated rings. The average molecular weight is 413 g/mol. The summed E-state index contributed by atoms with van der Waals surface area (Å²) in [6.45, 7) is 1.60. The lowest BCUT2D eigenvalue weighted by atomic mass is 10.2. The molecule has 0 unspecified atom stereocenters. The fraction of sp³-hybridized carbons (Fsp3) is 0.0625. The number of carbonyl (C=O) groups is 1. The van der Waals surface area contributed by atoms with E-state index in [2.05, 4.69) is 21.2 Å². The molecule has 2 aromatic carbocycles. The number of sulfonamides is 1. The maximum absolute atomic E-state index is 13.6. The van der Waals surface area contributed by atoms with E-state index in [-0.39, 0.29) is 16.1 Å². The van der Waals surface area contributed by atoms with Crippen LogP contribution in [-0.2, 0) is 14.8 Å². The molecule has 0 aromatic heterocycles. The minimum atomic E-state index is -3.88. The summed E-state index contributed by atoms with van der Waals surface area (Å²) in [5.74, 6) is -0.993. The molecule has 1 amide bonds. The standard InChI is InChI=1S/C16H14BrFN2O3S/c1-10-2-5-13(9-15(10)24(19,22)23)20-16(21)7-3-11-8-12(17)4-6-14(11)18/h2-9H,1H3,(H,20,21)(H2,19,22,23). The number of anilines is 1. The topological polar surface area (TPSA) is 89.3 Å².